The van der Waals surface area contributed by atoms with Crippen molar-refractivity contribution in [1.29, 1.82) is 0 Å². The summed E-state index contributed by atoms with van der Waals surface area (Å²) < 4.78 is 30.6. The molecule has 8 heteroatoms. The summed E-state index contributed by atoms with van der Waals surface area (Å²) in [5.74, 6) is 0. The van der Waals surface area contributed by atoms with Gasteiger partial charge in [0, 0.05) is 38.1 Å². The molecule has 0 fully saturated rings. The Labute approximate surface area is 118 Å². The van der Waals surface area contributed by atoms with Crippen LogP contribution >= 0.6 is 0 Å². The summed E-state index contributed by atoms with van der Waals surface area (Å²) in [6.45, 7) is 5.33. The standard InChI is InChI=1S/C12H19N5O2S/c1-8-11(6-16(4)13-8)9(2)15-20(18,19)12-7-17(5)14-10(12)3/h6-7,9,15H,1-5H3. The van der Waals surface area contributed by atoms with Crippen molar-refractivity contribution in [3.63, 3.8) is 0 Å². The Kier molecular flexibility index (Phi) is 3.70. The van der Waals surface area contributed by atoms with E-state index in [9.17, 15) is 8.42 Å². The molecule has 0 aliphatic rings. The lowest BCUT2D eigenvalue weighted by atomic mass is 10.1. The van der Waals surface area contributed by atoms with Crippen LogP contribution in [0.1, 0.15) is 29.9 Å². The second-order valence-corrected chi connectivity index (χ2v) is 6.62. The molecule has 2 aromatic rings. The number of hydrogen-bond acceptors (Lipinski definition) is 4. The lowest BCUT2D eigenvalue weighted by molar-refractivity contribution is 0.565. The molecule has 20 heavy (non-hydrogen) atoms. The van der Waals surface area contributed by atoms with Gasteiger partial charge in [0.15, 0.2) is 0 Å². The van der Waals surface area contributed by atoms with Gasteiger partial charge in [0.1, 0.15) is 4.90 Å². The molecule has 2 heterocycles. The maximum Gasteiger partial charge on any atom is 0.244 e. The van der Waals surface area contributed by atoms with Crippen LogP contribution in [-0.2, 0) is 24.1 Å². The van der Waals surface area contributed by atoms with Crippen molar-refractivity contribution in [3.05, 3.63) is 29.3 Å². The van der Waals surface area contributed by atoms with Crippen LogP contribution in [0.15, 0.2) is 17.3 Å². The third-order valence-corrected chi connectivity index (χ3v) is 4.75. The third kappa shape index (κ3) is 2.75. The molecule has 0 aromatic carbocycles. The van der Waals surface area contributed by atoms with Crippen LogP contribution in [0.3, 0.4) is 0 Å². The SMILES string of the molecule is Cc1nn(C)cc1C(C)NS(=O)(=O)c1cn(C)nc1C. The summed E-state index contributed by atoms with van der Waals surface area (Å²) in [4.78, 5) is 0.202. The van der Waals surface area contributed by atoms with Gasteiger partial charge >= 0.3 is 0 Å². The number of nitrogens with zero attached hydrogens (tertiary/aromatic N) is 4. The summed E-state index contributed by atoms with van der Waals surface area (Å²) in [7, 11) is -0.0917. The van der Waals surface area contributed by atoms with Crippen molar-refractivity contribution >= 4 is 10.0 Å². The van der Waals surface area contributed by atoms with E-state index >= 15 is 0 Å². The third-order valence-electron chi connectivity index (χ3n) is 3.11. The van der Waals surface area contributed by atoms with Gasteiger partial charge in [0.2, 0.25) is 10.0 Å². The molecule has 1 N–H and O–H groups in total. The quantitative estimate of drug-likeness (QED) is 0.905. The number of nitrogens with one attached hydrogen (secondary N) is 1. The minimum Gasteiger partial charge on any atom is -0.275 e. The van der Waals surface area contributed by atoms with E-state index in [2.05, 4.69) is 14.9 Å². The number of hydrogen-bond donors (Lipinski definition) is 1. The van der Waals surface area contributed by atoms with Gasteiger partial charge in [-0.2, -0.15) is 10.2 Å². The van der Waals surface area contributed by atoms with Crippen LogP contribution < -0.4 is 4.72 Å². The smallest absolute Gasteiger partial charge is 0.244 e. The lowest BCUT2D eigenvalue weighted by Gasteiger charge is -2.13. The largest absolute Gasteiger partial charge is 0.275 e. The van der Waals surface area contributed by atoms with Crippen LogP contribution in [0, 0.1) is 13.8 Å². The van der Waals surface area contributed by atoms with Gasteiger partial charge in [0.05, 0.1) is 11.4 Å². The molecule has 0 radical (unpaired) electrons. The highest BCUT2D eigenvalue weighted by Crippen LogP contribution is 2.20. The Balaban J connectivity index is 2.29. The zero-order valence-electron chi connectivity index (χ0n) is 12.2. The summed E-state index contributed by atoms with van der Waals surface area (Å²) in [5, 5.41) is 8.28. The predicted molar refractivity (Wildman–Crippen MR) is 74.6 cm³/mol. The molecule has 0 aliphatic heterocycles. The molecule has 0 amide bonds. The van der Waals surface area contributed by atoms with E-state index in [1.807, 2.05) is 20.2 Å². The average Bonchev–Trinajstić information content (AvgIpc) is 2.81. The number of aromatic nitrogens is 4. The Morgan fingerprint density at radius 3 is 2.10 bits per heavy atom. The van der Waals surface area contributed by atoms with Gasteiger partial charge in [0.25, 0.3) is 0 Å². The van der Waals surface area contributed by atoms with Crippen LogP contribution in [0.2, 0.25) is 0 Å². The van der Waals surface area contributed by atoms with Crippen LogP contribution in [0.5, 0.6) is 0 Å². The Morgan fingerprint density at radius 1 is 1.10 bits per heavy atom. The van der Waals surface area contributed by atoms with Crippen LogP contribution in [-0.4, -0.2) is 28.0 Å². The Morgan fingerprint density at radius 2 is 1.65 bits per heavy atom. The summed E-state index contributed by atoms with van der Waals surface area (Å²) >= 11 is 0. The Hall–Kier alpha value is -1.67. The van der Waals surface area contributed by atoms with E-state index in [1.54, 1.807) is 25.6 Å². The molecule has 7 nitrogen and oxygen atoms in total. The molecule has 110 valence electrons. The second-order valence-electron chi connectivity index (χ2n) is 4.94. The van der Waals surface area contributed by atoms with Crippen molar-refractivity contribution < 1.29 is 8.42 Å². The highest BCUT2D eigenvalue weighted by Gasteiger charge is 2.24. The van der Waals surface area contributed by atoms with E-state index in [0.717, 1.165) is 11.3 Å². The van der Waals surface area contributed by atoms with Gasteiger partial charge in [-0.3, -0.25) is 9.36 Å². The molecule has 2 aromatic heterocycles. The van der Waals surface area contributed by atoms with Gasteiger partial charge < -0.3 is 0 Å². The average molecular weight is 297 g/mol. The van der Waals surface area contributed by atoms with Crippen molar-refractivity contribution in [3.8, 4) is 0 Å². The van der Waals surface area contributed by atoms with E-state index in [-0.39, 0.29) is 10.9 Å². The highest BCUT2D eigenvalue weighted by molar-refractivity contribution is 7.89. The normalized spacial score (nSPS) is 13.7. The number of aryl methyl sites for hydroxylation is 4. The first kappa shape index (κ1) is 14.7. The summed E-state index contributed by atoms with van der Waals surface area (Å²) in [6, 6.07) is -0.353. The van der Waals surface area contributed by atoms with Crippen LogP contribution in [0.25, 0.3) is 0 Å². The maximum absolute atomic E-state index is 12.4. The first-order valence-electron chi connectivity index (χ1n) is 6.23. The fourth-order valence-corrected chi connectivity index (χ4v) is 3.68. The predicted octanol–water partition coefficient (Wildman–Crippen LogP) is 0.810. The van der Waals surface area contributed by atoms with Gasteiger partial charge in [-0.25, -0.2) is 13.1 Å². The van der Waals surface area contributed by atoms with E-state index < -0.39 is 10.0 Å². The first-order valence-corrected chi connectivity index (χ1v) is 7.71. The number of rotatable bonds is 4. The molecule has 0 saturated heterocycles. The summed E-state index contributed by atoms with van der Waals surface area (Å²) in [5.41, 5.74) is 2.15. The van der Waals surface area contributed by atoms with E-state index in [1.165, 1.54) is 10.9 Å². The molecular weight excluding hydrogens is 278 g/mol. The van der Waals surface area contributed by atoms with Crippen molar-refractivity contribution in [2.75, 3.05) is 0 Å². The first-order chi connectivity index (χ1) is 9.20. The van der Waals surface area contributed by atoms with Gasteiger partial charge in [-0.05, 0) is 20.8 Å². The maximum atomic E-state index is 12.4. The van der Waals surface area contributed by atoms with Crippen molar-refractivity contribution in [2.45, 2.75) is 31.7 Å². The lowest BCUT2D eigenvalue weighted by Crippen LogP contribution is -2.27. The molecule has 0 spiro atoms. The molecular formula is C12H19N5O2S. The summed E-state index contributed by atoms with van der Waals surface area (Å²) in [6.07, 6.45) is 3.32. The van der Waals surface area contributed by atoms with Crippen molar-refractivity contribution in [2.24, 2.45) is 14.1 Å². The van der Waals surface area contributed by atoms with E-state index in [4.69, 9.17) is 0 Å². The van der Waals surface area contributed by atoms with Gasteiger partial charge in [-0.15, -0.1) is 0 Å². The highest BCUT2D eigenvalue weighted by atomic mass is 32.2. The minimum absolute atomic E-state index is 0.202. The molecule has 0 aliphatic carbocycles. The minimum atomic E-state index is -3.60. The second kappa shape index (κ2) is 5.02. The number of sulfonamides is 1. The zero-order chi connectivity index (χ0) is 15.1. The molecule has 0 bridgehead atoms. The molecule has 0 saturated carbocycles. The zero-order valence-corrected chi connectivity index (χ0v) is 13.1. The fraction of sp³-hybridized carbons (Fsp3) is 0.500. The van der Waals surface area contributed by atoms with Crippen LogP contribution in [0.4, 0.5) is 0 Å². The van der Waals surface area contributed by atoms with E-state index in [0.29, 0.717) is 5.69 Å². The van der Waals surface area contributed by atoms with Crippen molar-refractivity contribution in [1.82, 2.24) is 24.3 Å². The van der Waals surface area contributed by atoms with Gasteiger partial charge in [-0.1, -0.05) is 0 Å². The molecule has 2 rings (SSSR count). The molecule has 1 atom stereocenters. The topological polar surface area (TPSA) is 81.8 Å². The monoisotopic (exact) mass is 297 g/mol. The molecule has 1 unspecified atom stereocenters. The Bertz CT molecular complexity index is 729. The fourth-order valence-electron chi connectivity index (χ4n) is 2.24.